The lowest BCUT2D eigenvalue weighted by atomic mass is 10.2. The highest BCUT2D eigenvalue weighted by molar-refractivity contribution is 7.88. The minimum absolute atomic E-state index is 0.0126. The van der Waals surface area contributed by atoms with Crippen molar-refractivity contribution < 1.29 is 32.9 Å². The third-order valence-corrected chi connectivity index (χ3v) is 4.35. The average Bonchev–Trinajstić information content (AvgIpc) is 2.55. The summed E-state index contributed by atoms with van der Waals surface area (Å²) in [4.78, 5) is 11.5. The lowest BCUT2D eigenvalue weighted by molar-refractivity contribution is 0.0412. The highest BCUT2D eigenvalue weighted by atomic mass is 32.2. The molecule has 1 amide bonds. The van der Waals surface area contributed by atoms with Crippen molar-refractivity contribution in [1.82, 2.24) is 5.32 Å². The number of nitrogens with one attached hydrogen (secondary N) is 1. The first-order valence-corrected chi connectivity index (χ1v) is 9.94. The second-order valence-electron chi connectivity index (χ2n) is 6.50. The van der Waals surface area contributed by atoms with Crippen LogP contribution in [0.5, 0.6) is 5.75 Å². The van der Waals surface area contributed by atoms with Gasteiger partial charge in [0, 0.05) is 6.54 Å². The van der Waals surface area contributed by atoms with Crippen LogP contribution in [0, 0.1) is 0 Å². The molecule has 1 atom stereocenters. The number of phenols is 1. The fourth-order valence-corrected chi connectivity index (χ4v) is 2.75. The Balaban J connectivity index is 2.10. The highest BCUT2D eigenvalue weighted by Gasteiger charge is 2.15. The smallest absolute Gasteiger partial charge is 0.407 e. The molecular weight excluding hydrogens is 376 g/mol. The van der Waals surface area contributed by atoms with E-state index in [-0.39, 0.29) is 23.8 Å². The third-order valence-electron chi connectivity index (χ3n) is 2.93. The summed E-state index contributed by atoms with van der Waals surface area (Å²) in [6.45, 7) is 6.84. The molecule has 9 nitrogen and oxygen atoms in total. The molecule has 0 radical (unpaired) electrons. The highest BCUT2D eigenvalue weighted by Crippen LogP contribution is 2.15. The SMILES string of the molecule is CC(C)(C)OC(=O)NCCOCCOCCN=S(=O)(O)c1ccc(O)cc1. The lowest BCUT2D eigenvalue weighted by Crippen LogP contribution is -2.34. The minimum atomic E-state index is -3.50. The van der Waals surface area contributed by atoms with Crippen LogP contribution < -0.4 is 5.32 Å². The van der Waals surface area contributed by atoms with E-state index in [2.05, 4.69) is 9.68 Å². The predicted octanol–water partition coefficient (Wildman–Crippen LogP) is 2.25. The van der Waals surface area contributed by atoms with Gasteiger partial charge in [-0.05, 0) is 45.0 Å². The van der Waals surface area contributed by atoms with Crippen molar-refractivity contribution in [3.05, 3.63) is 24.3 Å². The molecule has 1 rings (SSSR count). The van der Waals surface area contributed by atoms with E-state index >= 15 is 0 Å². The minimum Gasteiger partial charge on any atom is -0.508 e. The van der Waals surface area contributed by atoms with E-state index in [0.717, 1.165) is 0 Å². The molecule has 1 aromatic carbocycles. The van der Waals surface area contributed by atoms with Crippen LogP contribution >= 0.6 is 0 Å². The molecule has 0 heterocycles. The van der Waals surface area contributed by atoms with Crippen LogP contribution in [-0.2, 0) is 24.2 Å². The molecule has 0 bridgehead atoms. The zero-order valence-electron chi connectivity index (χ0n) is 15.8. The van der Waals surface area contributed by atoms with Gasteiger partial charge in [0.1, 0.15) is 11.4 Å². The molecule has 0 spiro atoms. The molecule has 0 saturated carbocycles. The van der Waals surface area contributed by atoms with Gasteiger partial charge < -0.3 is 24.6 Å². The van der Waals surface area contributed by atoms with E-state index in [0.29, 0.717) is 26.4 Å². The molecule has 0 saturated heterocycles. The van der Waals surface area contributed by atoms with Crippen molar-refractivity contribution in [2.45, 2.75) is 31.3 Å². The van der Waals surface area contributed by atoms with Gasteiger partial charge in [-0.15, -0.1) is 0 Å². The Kier molecular flexibility index (Phi) is 9.50. The Labute approximate surface area is 160 Å². The number of alkyl carbamates (subject to hydrolysis) is 1. The van der Waals surface area contributed by atoms with Crippen LogP contribution in [0.2, 0.25) is 0 Å². The number of hydrogen-bond acceptors (Lipinski definition) is 7. The van der Waals surface area contributed by atoms with Gasteiger partial charge in [0.05, 0.1) is 37.9 Å². The van der Waals surface area contributed by atoms with E-state index < -0.39 is 21.7 Å². The normalized spacial score (nSPS) is 13.6. The van der Waals surface area contributed by atoms with E-state index in [1.165, 1.54) is 24.3 Å². The summed E-state index contributed by atoms with van der Waals surface area (Å²) >= 11 is 0. The van der Waals surface area contributed by atoms with Crippen molar-refractivity contribution in [2.24, 2.45) is 4.36 Å². The first kappa shape index (κ1) is 23.2. The Hall–Kier alpha value is -1.88. The molecule has 154 valence electrons. The van der Waals surface area contributed by atoms with Gasteiger partial charge in [-0.25, -0.2) is 13.4 Å². The molecule has 0 fully saturated rings. The van der Waals surface area contributed by atoms with Gasteiger partial charge in [0.25, 0.3) is 0 Å². The maximum Gasteiger partial charge on any atom is 0.407 e. The average molecular weight is 404 g/mol. The van der Waals surface area contributed by atoms with E-state index in [9.17, 15) is 18.7 Å². The number of phenolic OH excluding ortho intramolecular Hbond substituents is 1. The first-order valence-electron chi connectivity index (χ1n) is 8.47. The Morgan fingerprint density at radius 2 is 1.70 bits per heavy atom. The number of benzene rings is 1. The Morgan fingerprint density at radius 1 is 1.11 bits per heavy atom. The second kappa shape index (κ2) is 11.1. The van der Waals surface area contributed by atoms with Crippen molar-refractivity contribution in [3.8, 4) is 5.75 Å². The summed E-state index contributed by atoms with van der Waals surface area (Å²) in [6.07, 6.45) is -0.495. The zero-order valence-corrected chi connectivity index (χ0v) is 16.7. The Morgan fingerprint density at radius 3 is 2.30 bits per heavy atom. The third kappa shape index (κ3) is 10.8. The fraction of sp³-hybridized carbons (Fsp3) is 0.588. The van der Waals surface area contributed by atoms with Gasteiger partial charge in [-0.3, -0.25) is 4.55 Å². The van der Waals surface area contributed by atoms with Crippen molar-refractivity contribution in [1.29, 1.82) is 0 Å². The first-order chi connectivity index (χ1) is 12.6. The maximum absolute atomic E-state index is 12.0. The predicted molar refractivity (Wildman–Crippen MR) is 100 cm³/mol. The monoisotopic (exact) mass is 404 g/mol. The van der Waals surface area contributed by atoms with Gasteiger partial charge in [-0.1, -0.05) is 0 Å². The molecule has 0 aliphatic heterocycles. The van der Waals surface area contributed by atoms with E-state index in [4.69, 9.17) is 14.2 Å². The van der Waals surface area contributed by atoms with E-state index in [1.807, 2.05) is 0 Å². The van der Waals surface area contributed by atoms with Crippen molar-refractivity contribution in [3.63, 3.8) is 0 Å². The van der Waals surface area contributed by atoms with Crippen molar-refractivity contribution >= 4 is 16.1 Å². The summed E-state index contributed by atoms with van der Waals surface area (Å²) in [5.74, 6) is 0.0126. The van der Waals surface area contributed by atoms with Crippen LogP contribution in [-0.4, -0.2) is 65.1 Å². The number of rotatable bonds is 10. The van der Waals surface area contributed by atoms with Gasteiger partial charge in [0.2, 0.25) is 0 Å². The molecule has 3 N–H and O–H groups in total. The number of hydrogen-bond donors (Lipinski definition) is 3. The largest absolute Gasteiger partial charge is 0.508 e. The fourth-order valence-electron chi connectivity index (χ4n) is 1.78. The van der Waals surface area contributed by atoms with Crippen LogP contribution in [0.25, 0.3) is 0 Å². The summed E-state index contributed by atoms with van der Waals surface area (Å²) in [6, 6.07) is 5.35. The Bertz CT molecular complexity index is 692. The number of aromatic hydroxyl groups is 1. The summed E-state index contributed by atoms with van der Waals surface area (Å²) in [5, 5.41) is 11.7. The van der Waals surface area contributed by atoms with E-state index in [1.54, 1.807) is 20.8 Å². The lowest BCUT2D eigenvalue weighted by Gasteiger charge is -2.19. The topological polar surface area (TPSA) is 127 Å². The van der Waals surface area contributed by atoms with Crippen LogP contribution in [0.15, 0.2) is 33.5 Å². The molecular formula is C17H28N2O7S. The summed E-state index contributed by atoms with van der Waals surface area (Å²) in [5.41, 5.74) is -0.538. The standard InChI is InChI=1S/C17H28N2O7S/c1-17(2,3)26-16(21)18-8-10-24-12-13-25-11-9-19-27(22,23)15-6-4-14(20)5-7-15/h4-7,20H,8-13H2,1-3H3,(H,18,21)(H,19,22,23). The van der Waals surface area contributed by atoms with Crippen LogP contribution in [0.3, 0.4) is 0 Å². The van der Waals surface area contributed by atoms with Crippen molar-refractivity contribution in [2.75, 3.05) is 39.5 Å². The number of amides is 1. The van der Waals surface area contributed by atoms with Crippen LogP contribution in [0.1, 0.15) is 20.8 Å². The molecule has 0 aliphatic rings. The van der Waals surface area contributed by atoms with Gasteiger partial charge in [0.15, 0.2) is 10.0 Å². The van der Waals surface area contributed by atoms with Gasteiger partial charge >= 0.3 is 6.09 Å². The second-order valence-corrected chi connectivity index (χ2v) is 8.22. The maximum atomic E-state index is 12.0. The van der Waals surface area contributed by atoms with Crippen LogP contribution in [0.4, 0.5) is 4.79 Å². The number of carbonyl (C=O) groups excluding carboxylic acids is 1. The molecule has 10 heteroatoms. The quantitative estimate of drug-likeness (QED) is 0.510. The molecule has 0 aromatic heterocycles. The summed E-state index contributed by atoms with van der Waals surface area (Å²) < 4.78 is 41.2. The number of carbonyl (C=O) groups is 1. The number of nitrogens with zero attached hydrogens (tertiary/aromatic N) is 1. The molecule has 0 aliphatic carbocycles. The number of ether oxygens (including phenoxy) is 3. The molecule has 27 heavy (non-hydrogen) atoms. The molecule has 1 unspecified atom stereocenters. The molecule has 1 aromatic rings. The zero-order chi connectivity index (χ0) is 20.3. The summed E-state index contributed by atoms with van der Waals surface area (Å²) in [7, 11) is -3.50. The van der Waals surface area contributed by atoms with Gasteiger partial charge in [-0.2, -0.15) is 0 Å².